The molecule has 2 saturated heterocycles. The first-order chi connectivity index (χ1) is 15.6. The number of carbonyl (C=O) groups excluding carboxylic acids is 2. The zero-order valence-electron chi connectivity index (χ0n) is 19.0. The predicted octanol–water partition coefficient (Wildman–Crippen LogP) is 4.17. The number of piperidine rings is 1. The van der Waals surface area contributed by atoms with E-state index >= 15 is 0 Å². The molecular weight excluding hydrogens is 404 g/mol. The Kier molecular flexibility index (Phi) is 6.98. The van der Waals surface area contributed by atoms with E-state index < -0.39 is 0 Å². The quantitative estimate of drug-likeness (QED) is 0.682. The normalized spacial score (nSPS) is 18.5. The molecule has 2 aliphatic rings. The minimum atomic E-state index is 0.0496. The van der Waals surface area contributed by atoms with Gasteiger partial charge in [0.25, 0.3) is 11.8 Å². The van der Waals surface area contributed by atoms with E-state index in [1.807, 2.05) is 59.2 Å². The van der Waals surface area contributed by atoms with Crippen LogP contribution >= 0.6 is 0 Å². The number of benzene rings is 2. The number of para-hydroxylation sites is 1. The molecule has 0 spiro atoms. The largest absolute Gasteiger partial charge is 0.497 e. The fourth-order valence-corrected chi connectivity index (χ4v) is 4.63. The van der Waals surface area contributed by atoms with Gasteiger partial charge in [0.2, 0.25) is 0 Å². The second-order valence-electron chi connectivity index (χ2n) is 8.75. The van der Waals surface area contributed by atoms with Crippen LogP contribution in [0.4, 0.5) is 0 Å². The second kappa shape index (κ2) is 10.1. The number of carbonyl (C=O) groups is 2. The molecule has 2 aromatic carbocycles. The highest BCUT2D eigenvalue weighted by atomic mass is 16.5. The molecule has 0 saturated carbocycles. The predicted molar refractivity (Wildman–Crippen MR) is 123 cm³/mol. The lowest BCUT2D eigenvalue weighted by molar-refractivity contribution is 0.0631. The summed E-state index contributed by atoms with van der Waals surface area (Å²) in [6.07, 6.45) is 4.08. The van der Waals surface area contributed by atoms with Crippen molar-refractivity contribution in [2.75, 3.05) is 39.9 Å². The monoisotopic (exact) mass is 436 g/mol. The van der Waals surface area contributed by atoms with Crippen molar-refractivity contribution in [2.24, 2.45) is 5.92 Å². The van der Waals surface area contributed by atoms with Crippen molar-refractivity contribution in [3.8, 4) is 11.5 Å². The number of ether oxygens (including phenoxy) is 2. The summed E-state index contributed by atoms with van der Waals surface area (Å²) in [6.45, 7) is 5.48. The molecule has 2 heterocycles. The average Bonchev–Trinajstić information content (AvgIpc) is 3.37. The second-order valence-corrected chi connectivity index (χ2v) is 8.75. The van der Waals surface area contributed by atoms with Crippen LogP contribution in [0.5, 0.6) is 11.5 Å². The highest BCUT2D eigenvalue weighted by Gasteiger charge is 2.27. The van der Waals surface area contributed by atoms with Gasteiger partial charge in [0, 0.05) is 37.7 Å². The fraction of sp³-hybridized carbons (Fsp3) is 0.462. The Bertz CT molecular complexity index is 968. The number of rotatable bonds is 6. The third kappa shape index (κ3) is 4.90. The van der Waals surface area contributed by atoms with E-state index in [-0.39, 0.29) is 17.7 Å². The van der Waals surface area contributed by atoms with E-state index in [4.69, 9.17) is 9.47 Å². The van der Waals surface area contributed by atoms with E-state index in [0.29, 0.717) is 30.0 Å². The van der Waals surface area contributed by atoms with E-state index in [1.54, 1.807) is 7.11 Å². The first-order valence-corrected chi connectivity index (χ1v) is 11.5. The minimum absolute atomic E-state index is 0.0496. The van der Waals surface area contributed by atoms with Gasteiger partial charge in [0.05, 0.1) is 19.3 Å². The van der Waals surface area contributed by atoms with Crippen molar-refractivity contribution in [1.82, 2.24) is 9.80 Å². The molecule has 0 aliphatic carbocycles. The van der Waals surface area contributed by atoms with Gasteiger partial charge < -0.3 is 19.3 Å². The number of hydrogen-bond acceptors (Lipinski definition) is 4. The Morgan fingerprint density at radius 2 is 1.66 bits per heavy atom. The third-order valence-corrected chi connectivity index (χ3v) is 6.46. The molecule has 32 heavy (non-hydrogen) atoms. The lowest BCUT2D eigenvalue weighted by Gasteiger charge is -2.33. The summed E-state index contributed by atoms with van der Waals surface area (Å²) in [4.78, 5) is 29.8. The molecule has 1 unspecified atom stereocenters. The summed E-state index contributed by atoms with van der Waals surface area (Å²) >= 11 is 0. The molecule has 2 amide bonds. The zero-order valence-corrected chi connectivity index (χ0v) is 19.0. The van der Waals surface area contributed by atoms with Gasteiger partial charge in [-0.25, -0.2) is 0 Å². The van der Waals surface area contributed by atoms with Crippen LogP contribution in [0.25, 0.3) is 0 Å². The van der Waals surface area contributed by atoms with Gasteiger partial charge in [0.15, 0.2) is 0 Å². The molecule has 0 aromatic heterocycles. The van der Waals surface area contributed by atoms with Crippen LogP contribution in [0.15, 0.2) is 42.5 Å². The number of amides is 2. The van der Waals surface area contributed by atoms with Crippen LogP contribution in [-0.4, -0.2) is 61.5 Å². The van der Waals surface area contributed by atoms with Crippen LogP contribution in [0, 0.1) is 12.8 Å². The van der Waals surface area contributed by atoms with Crippen LogP contribution in [0.2, 0.25) is 0 Å². The molecule has 4 rings (SSSR count). The number of hydrogen-bond donors (Lipinski definition) is 0. The van der Waals surface area contributed by atoms with Crippen LogP contribution in [0.1, 0.15) is 52.0 Å². The van der Waals surface area contributed by atoms with E-state index in [9.17, 15) is 9.59 Å². The Morgan fingerprint density at radius 3 is 2.41 bits per heavy atom. The number of aryl methyl sites for hydroxylation is 1. The first-order valence-electron chi connectivity index (χ1n) is 11.5. The topological polar surface area (TPSA) is 59.1 Å². The Hall–Kier alpha value is -3.02. The molecule has 2 aromatic rings. The van der Waals surface area contributed by atoms with Crippen molar-refractivity contribution in [3.63, 3.8) is 0 Å². The number of nitrogens with zero attached hydrogens (tertiary/aromatic N) is 2. The fourth-order valence-electron chi connectivity index (χ4n) is 4.63. The summed E-state index contributed by atoms with van der Waals surface area (Å²) in [6, 6.07) is 13.1. The lowest BCUT2D eigenvalue weighted by atomic mass is 9.97. The maximum atomic E-state index is 13.1. The lowest BCUT2D eigenvalue weighted by Crippen LogP contribution is -2.41. The summed E-state index contributed by atoms with van der Waals surface area (Å²) in [7, 11) is 1.63. The molecule has 170 valence electrons. The maximum absolute atomic E-state index is 13.1. The summed E-state index contributed by atoms with van der Waals surface area (Å²) in [5.74, 6) is 1.74. The molecule has 6 nitrogen and oxygen atoms in total. The molecule has 0 bridgehead atoms. The summed E-state index contributed by atoms with van der Waals surface area (Å²) in [5, 5.41) is 0. The van der Waals surface area contributed by atoms with Crippen LogP contribution in [-0.2, 0) is 0 Å². The van der Waals surface area contributed by atoms with Crippen LogP contribution < -0.4 is 9.47 Å². The summed E-state index contributed by atoms with van der Waals surface area (Å²) in [5.41, 5.74) is 2.27. The molecule has 6 heteroatoms. The molecule has 0 N–H and O–H groups in total. The number of methoxy groups -OCH3 is 1. The smallest absolute Gasteiger partial charge is 0.257 e. The van der Waals surface area contributed by atoms with Gasteiger partial charge in [-0.15, -0.1) is 0 Å². The van der Waals surface area contributed by atoms with Crippen molar-refractivity contribution in [2.45, 2.75) is 32.6 Å². The van der Waals surface area contributed by atoms with Gasteiger partial charge in [-0.1, -0.05) is 12.1 Å². The van der Waals surface area contributed by atoms with Gasteiger partial charge in [-0.2, -0.15) is 0 Å². The molecule has 1 atom stereocenters. The highest BCUT2D eigenvalue weighted by molar-refractivity contribution is 5.97. The van der Waals surface area contributed by atoms with Gasteiger partial charge >= 0.3 is 0 Å². The SMILES string of the molecule is COc1ccc(C(=O)N2CCCC(COc3ccccc3C(=O)N3CCCC3)C2)c(C)c1. The van der Waals surface area contributed by atoms with E-state index in [1.165, 1.54) is 0 Å². The average molecular weight is 437 g/mol. The third-order valence-electron chi connectivity index (χ3n) is 6.46. The van der Waals surface area contributed by atoms with E-state index in [2.05, 4.69) is 0 Å². The molecule has 0 radical (unpaired) electrons. The van der Waals surface area contributed by atoms with Crippen molar-refractivity contribution >= 4 is 11.8 Å². The van der Waals surface area contributed by atoms with Gasteiger partial charge in [-0.05, 0) is 68.5 Å². The Labute approximate surface area is 190 Å². The van der Waals surface area contributed by atoms with Gasteiger partial charge in [0.1, 0.15) is 11.5 Å². The highest BCUT2D eigenvalue weighted by Crippen LogP contribution is 2.26. The van der Waals surface area contributed by atoms with Crippen LogP contribution in [0.3, 0.4) is 0 Å². The standard InChI is InChI=1S/C26H32N2O4/c1-19-16-21(31-2)11-12-22(19)25(29)28-15-7-8-20(17-28)18-32-24-10-4-3-9-23(24)26(30)27-13-5-6-14-27/h3-4,9-12,16,20H,5-8,13-15,17-18H2,1-2H3. The van der Waals surface area contributed by atoms with Gasteiger partial charge in [-0.3, -0.25) is 9.59 Å². The molecular formula is C26H32N2O4. The Morgan fingerprint density at radius 1 is 0.938 bits per heavy atom. The maximum Gasteiger partial charge on any atom is 0.257 e. The Balaban J connectivity index is 1.39. The molecule has 2 fully saturated rings. The van der Waals surface area contributed by atoms with Crippen molar-refractivity contribution in [3.05, 3.63) is 59.2 Å². The van der Waals surface area contributed by atoms with Crippen molar-refractivity contribution < 1.29 is 19.1 Å². The summed E-state index contributed by atoms with van der Waals surface area (Å²) < 4.78 is 11.4. The number of likely N-dealkylation sites (tertiary alicyclic amines) is 2. The van der Waals surface area contributed by atoms with Crippen molar-refractivity contribution in [1.29, 1.82) is 0 Å². The van der Waals surface area contributed by atoms with E-state index in [0.717, 1.165) is 56.6 Å². The molecule has 2 aliphatic heterocycles. The minimum Gasteiger partial charge on any atom is -0.497 e. The zero-order chi connectivity index (χ0) is 22.5. The first kappa shape index (κ1) is 22.2.